The number of piperazine rings is 1. The van der Waals surface area contributed by atoms with Gasteiger partial charge in [-0.2, -0.15) is 4.37 Å². The van der Waals surface area contributed by atoms with Crippen molar-refractivity contribution in [2.45, 2.75) is 13.8 Å². The molecule has 0 atom stereocenters. The Balaban J connectivity index is 2.15. The van der Waals surface area contributed by atoms with Gasteiger partial charge in [0.25, 0.3) is 0 Å². The van der Waals surface area contributed by atoms with E-state index in [1.807, 2.05) is 0 Å². The molecule has 1 aromatic rings. The summed E-state index contributed by atoms with van der Waals surface area (Å²) in [6, 6.07) is 0. The van der Waals surface area contributed by atoms with Crippen LogP contribution in [0.25, 0.3) is 0 Å². The number of carbonyl (C=O) groups excluding carboxylic acids is 1. The van der Waals surface area contributed by atoms with Gasteiger partial charge in [-0.15, -0.1) is 0 Å². The molecular weight excluding hydrogens is 264 g/mol. The van der Waals surface area contributed by atoms with Crippen LogP contribution in [-0.4, -0.2) is 54.6 Å². The second-order valence-electron chi connectivity index (χ2n) is 4.39. The molecule has 1 aromatic heterocycles. The lowest BCUT2D eigenvalue weighted by molar-refractivity contribution is 0.0528. The fourth-order valence-electron chi connectivity index (χ4n) is 2.17. The summed E-state index contributed by atoms with van der Waals surface area (Å²) in [5.41, 5.74) is 6.22. The highest BCUT2D eigenvalue weighted by atomic mass is 32.1. The average molecular weight is 284 g/mol. The number of ether oxygens (including phenoxy) is 1. The maximum absolute atomic E-state index is 11.9. The molecule has 2 N–H and O–H groups in total. The molecule has 0 spiro atoms. The third-order valence-corrected chi connectivity index (χ3v) is 4.21. The van der Waals surface area contributed by atoms with Gasteiger partial charge in [0.1, 0.15) is 10.6 Å². The first-order valence-electron chi connectivity index (χ1n) is 6.56. The van der Waals surface area contributed by atoms with Gasteiger partial charge in [-0.1, -0.05) is 6.92 Å². The molecule has 0 radical (unpaired) electrons. The molecular formula is C12H20N4O2S. The normalized spacial score (nSPS) is 16.6. The summed E-state index contributed by atoms with van der Waals surface area (Å²) >= 11 is 1.28. The maximum Gasteiger partial charge on any atom is 0.345 e. The molecule has 7 heteroatoms. The monoisotopic (exact) mass is 284 g/mol. The Labute approximate surface area is 117 Å². The molecule has 0 aliphatic carbocycles. The SMILES string of the molecule is CCOC(=O)c1c(N)nsc1N1CCN(CC)CC1. The van der Waals surface area contributed by atoms with Crippen LogP contribution in [0.2, 0.25) is 0 Å². The molecule has 0 aromatic carbocycles. The Hall–Kier alpha value is -1.34. The Morgan fingerprint density at radius 2 is 2.05 bits per heavy atom. The Morgan fingerprint density at radius 1 is 1.37 bits per heavy atom. The van der Waals surface area contributed by atoms with E-state index in [2.05, 4.69) is 21.1 Å². The topological polar surface area (TPSA) is 71.7 Å². The van der Waals surface area contributed by atoms with Crippen LogP contribution in [-0.2, 0) is 4.74 Å². The summed E-state index contributed by atoms with van der Waals surface area (Å²) < 4.78 is 9.15. The van der Waals surface area contributed by atoms with Crippen LogP contribution in [0.3, 0.4) is 0 Å². The number of hydrogen-bond acceptors (Lipinski definition) is 7. The maximum atomic E-state index is 11.9. The van der Waals surface area contributed by atoms with Gasteiger partial charge in [0.2, 0.25) is 0 Å². The van der Waals surface area contributed by atoms with Crippen molar-refractivity contribution in [3.8, 4) is 0 Å². The van der Waals surface area contributed by atoms with Crippen LogP contribution in [0, 0.1) is 0 Å². The predicted octanol–water partition coefficient (Wildman–Crippen LogP) is 1.04. The Morgan fingerprint density at radius 3 is 2.63 bits per heavy atom. The second kappa shape index (κ2) is 6.21. The minimum atomic E-state index is -0.373. The largest absolute Gasteiger partial charge is 0.462 e. The van der Waals surface area contributed by atoms with Crippen molar-refractivity contribution in [2.24, 2.45) is 0 Å². The van der Waals surface area contributed by atoms with Gasteiger partial charge in [0.15, 0.2) is 5.82 Å². The van der Waals surface area contributed by atoms with Crippen molar-refractivity contribution in [1.82, 2.24) is 9.27 Å². The summed E-state index contributed by atoms with van der Waals surface area (Å²) in [4.78, 5) is 16.5. The lowest BCUT2D eigenvalue weighted by Gasteiger charge is -2.34. The molecule has 1 aliphatic rings. The molecule has 0 saturated carbocycles. The lowest BCUT2D eigenvalue weighted by atomic mass is 10.2. The zero-order valence-electron chi connectivity index (χ0n) is 11.4. The number of anilines is 2. The van der Waals surface area contributed by atoms with Gasteiger partial charge >= 0.3 is 5.97 Å². The van der Waals surface area contributed by atoms with E-state index in [1.165, 1.54) is 11.5 Å². The Bertz CT molecular complexity index is 441. The van der Waals surface area contributed by atoms with Gasteiger partial charge < -0.3 is 20.3 Å². The van der Waals surface area contributed by atoms with E-state index in [9.17, 15) is 4.79 Å². The van der Waals surface area contributed by atoms with Crippen LogP contribution >= 0.6 is 11.5 Å². The van der Waals surface area contributed by atoms with E-state index in [-0.39, 0.29) is 11.8 Å². The van der Waals surface area contributed by atoms with E-state index >= 15 is 0 Å². The molecule has 1 aliphatic heterocycles. The van der Waals surface area contributed by atoms with Gasteiger partial charge in [-0.3, -0.25) is 0 Å². The molecule has 1 fully saturated rings. The highest BCUT2D eigenvalue weighted by Crippen LogP contribution is 2.31. The molecule has 0 bridgehead atoms. The fraction of sp³-hybridized carbons (Fsp3) is 0.667. The van der Waals surface area contributed by atoms with Crippen molar-refractivity contribution < 1.29 is 9.53 Å². The van der Waals surface area contributed by atoms with Crippen molar-refractivity contribution in [3.63, 3.8) is 0 Å². The summed E-state index contributed by atoms with van der Waals surface area (Å²) in [5, 5.41) is 0.840. The third-order valence-electron chi connectivity index (χ3n) is 3.29. The van der Waals surface area contributed by atoms with Crippen LogP contribution < -0.4 is 10.6 Å². The van der Waals surface area contributed by atoms with E-state index in [0.29, 0.717) is 12.2 Å². The van der Waals surface area contributed by atoms with E-state index < -0.39 is 0 Å². The minimum Gasteiger partial charge on any atom is -0.462 e. The zero-order chi connectivity index (χ0) is 13.8. The number of aromatic nitrogens is 1. The summed E-state index contributed by atoms with van der Waals surface area (Å²) in [6.07, 6.45) is 0. The summed E-state index contributed by atoms with van der Waals surface area (Å²) in [5.74, 6) is -0.0990. The summed E-state index contributed by atoms with van der Waals surface area (Å²) in [7, 11) is 0. The van der Waals surface area contributed by atoms with Crippen LogP contribution in [0.5, 0.6) is 0 Å². The molecule has 106 valence electrons. The van der Waals surface area contributed by atoms with Crippen LogP contribution in [0.1, 0.15) is 24.2 Å². The molecule has 1 saturated heterocycles. The number of likely N-dealkylation sites (N-methyl/N-ethyl adjacent to an activating group) is 1. The number of esters is 1. The first-order valence-corrected chi connectivity index (χ1v) is 7.34. The predicted molar refractivity (Wildman–Crippen MR) is 76.8 cm³/mol. The summed E-state index contributed by atoms with van der Waals surface area (Å²) in [6.45, 7) is 9.12. The molecule has 2 heterocycles. The number of carbonyl (C=O) groups is 1. The van der Waals surface area contributed by atoms with Gasteiger partial charge in [0, 0.05) is 26.2 Å². The standard InChI is InChI=1S/C12H20N4O2S/c1-3-15-5-7-16(8-6-15)11-9(10(13)14-19-11)12(17)18-4-2/h3-8H2,1-2H3,(H2,13,14). The molecule has 0 unspecified atom stereocenters. The van der Waals surface area contributed by atoms with E-state index in [1.54, 1.807) is 6.92 Å². The van der Waals surface area contributed by atoms with Crippen molar-refractivity contribution in [2.75, 3.05) is 50.0 Å². The van der Waals surface area contributed by atoms with Crippen molar-refractivity contribution in [1.29, 1.82) is 0 Å². The highest BCUT2D eigenvalue weighted by Gasteiger charge is 2.26. The van der Waals surface area contributed by atoms with E-state index in [0.717, 1.165) is 37.7 Å². The van der Waals surface area contributed by atoms with Crippen LogP contribution in [0.4, 0.5) is 10.8 Å². The van der Waals surface area contributed by atoms with E-state index in [4.69, 9.17) is 10.5 Å². The first kappa shape index (κ1) is 14.1. The molecule has 0 amide bonds. The average Bonchev–Trinajstić information content (AvgIpc) is 2.81. The van der Waals surface area contributed by atoms with Gasteiger partial charge in [0.05, 0.1) is 6.61 Å². The number of nitrogens with zero attached hydrogens (tertiary/aromatic N) is 3. The first-order chi connectivity index (χ1) is 9.17. The minimum absolute atomic E-state index is 0.274. The van der Waals surface area contributed by atoms with Gasteiger partial charge in [-0.05, 0) is 25.0 Å². The quantitative estimate of drug-likeness (QED) is 0.833. The smallest absolute Gasteiger partial charge is 0.345 e. The number of nitrogen functional groups attached to an aromatic ring is 1. The van der Waals surface area contributed by atoms with Crippen molar-refractivity contribution >= 4 is 28.3 Å². The number of nitrogens with two attached hydrogens (primary N) is 1. The van der Waals surface area contributed by atoms with Crippen molar-refractivity contribution in [3.05, 3.63) is 5.56 Å². The molecule has 6 nitrogen and oxygen atoms in total. The van der Waals surface area contributed by atoms with Gasteiger partial charge in [-0.25, -0.2) is 4.79 Å². The zero-order valence-corrected chi connectivity index (χ0v) is 12.2. The number of hydrogen-bond donors (Lipinski definition) is 1. The van der Waals surface area contributed by atoms with Crippen LogP contribution in [0.15, 0.2) is 0 Å². The molecule has 19 heavy (non-hydrogen) atoms. The fourth-order valence-corrected chi connectivity index (χ4v) is 3.02. The highest BCUT2D eigenvalue weighted by molar-refractivity contribution is 7.11. The third kappa shape index (κ3) is 2.98. The Kier molecular flexibility index (Phi) is 4.60. The lowest BCUT2D eigenvalue weighted by Crippen LogP contribution is -2.46. The molecule has 2 rings (SSSR count). The second-order valence-corrected chi connectivity index (χ2v) is 5.14. The number of rotatable bonds is 4.